The molecule has 0 aromatic heterocycles. The highest BCUT2D eigenvalue weighted by molar-refractivity contribution is 5.68. The number of amides is 1. The number of carbonyl (C=O) groups is 1. The van der Waals surface area contributed by atoms with Crippen LogP contribution in [0.2, 0.25) is 0 Å². The smallest absolute Gasteiger partial charge is 0.410 e. The Morgan fingerprint density at radius 3 is 2.33 bits per heavy atom. The summed E-state index contributed by atoms with van der Waals surface area (Å²) in [5.74, 6) is 0. The van der Waals surface area contributed by atoms with Crippen LogP contribution in [0.1, 0.15) is 53.9 Å². The zero-order valence-corrected chi connectivity index (χ0v) is 14.6. The molecule has 0 saturated carbocycles. The first kappa shape index (κ1) is 20.2. The van der Waals surface area contributed by atoms with Crippen molar-refractivity contribution in [3.63, 3.8) is 0 Å². The minimum absolute atomic E-state index is 0.0185. The van der Waals surface area contributed by atoms with Gasteiger partial charge in [-0.05, 0) is 47.0 Å². The topological polar surface area (TPSA) is 48.0 Å². The van der Waals surface area contributed by atoms with Gasteiger partial charge in [0.1, 0.15) is 5.60 Å². The van der Waals surface area contributed by atoms with Gasteiger partial charge in [0.15, 0.2) is 0 Å². The summed E-state index contributed by atoms with van der Waals surface area (Å²) >= 11 is 0. The predicted molar refractivity (Wildman–Crippen MR) is 84.6 cm³/mol. The van der Waals surface area contributed by atoms with Crippen molar-refractivity contribution in [1.29, 1.82) is 0 Å². The summed E-state index contributed by atoms with van der Waals surface area (Å²) in [7, 11) is 1.77. The van der Waals surface area contributed by atoms with Crippen molar-refractivity contribution >= 4 is 6.09 Å². The summed E-state index contributed by atoms with van der Waals surface area (Å²) in [6.45, 7) is 12.3. The summed E-state index contributed by atoms with van der Waals surface area (Å²) in [6, 6.07) is 0.0185. The Labute approximate surface area is 129 Å². The first-order chi connectivity index (χ1) is 9.81. The van der Waals surface area contributed by atoms with E-state index in [0.717, 1.165) is 32.5 Å². The van der Waals surface area contributed by atoms with E-state index in [-0.39, 0.29) is 12.1 Å². The van der Waals surface area contributed by atoms with Gasteiger partial charge in [0, 0.05) is 26.9 Å². The molecule has 0 saturated heterocycles. The molecule has 126 valence electrons. The maximum atomic E-state index is 12.1. The van der Waals surface area contributed by atoms with Crippen LogP contribution in [-0.4, -0.2) is 56.1 Å². The molecule has 0 aromatic carbocycles. The van der Waals surface area contributed by atoms with Gasteiger partial charge in [0.05, 0.1) is 12.6 Å². The van der Waals surface area contributed by atoms with E-state index in [4.69, 9.17) is 14.2 Å². The highest BCUT2D eigenvalue weighted by Gasteiger charge is 2.25. The molecule has 0 bridgehead atoms. The number of likely N-dealkylation sites (N-methyl/N-ethyl adjacent to an activating group) is 1. The van der Waals surface area contributed by atoms with E-state index in [9.17, 15) is 4.79 Å². The average molecular weight is 303 g/mol. The van der Waals surface area contributed by atoms with Crippen LogP contribution in [0.25, 0.3) is 0 Å². The molecule has 0 aliphatic carbocycles. The number of hydrogen-bond donors (Lipinski definition) is 0. The van der Waals surface area contributed by atoms with Crippen molar-refractivity contribution in [3.05, 3.63) is 0 Å². The van der Waals surface area contributed by atoms with Crippen LogP contribution in [0.5, 0.6) is 0 Å². The summed E-state index contributed by atoms with van der Waals surface area (Å²) in [4.78, 5) is 13.8. The lowest BCUT2D eigenvalue weighted by Gasteiger charge is -2.30. The number of ether oxygens (including phenoxy) is 3. The Kier molecular flexibility index (Phi) is 10.4. The van der Waals surface area contributed by atoms with Crippen LogP contribution in [0.4, 0.5) is 4.79 Å². The van der Waals surface area contributed by atoms with Crippen molar-refractivity contribution in [1.82, 2.24) is 4.90 Å². The van der Waals surface area contributed by atoms with Crippen molar-refractivity contribution in [3.8, 4) is 0 Å². The third-order valence-corrected chi connectivity index (χ3v) is 2.92. The Morgan fingerprint density at radius 1 is 1.14 bits per heavy atom. The van der Waals surface area contributed by atoms with Crippen LogP contribution < -0.4 is 0 Å². The molecule has 5 heteroatoms. The highest BCUT2D eigenvalue weighted by Crippen LogP contribution is 2.13. The first-order valence-corrected chi connectivity index (χ1v) is 7.93. The van der Waals surface area contributed by atoms with Crippen molar-refractivity contribution < 1.29 is 19.0 Å². The van der Waals surface area contributed by atoms with Crippen molar-refractivity contribution in [2.24, 2.45) is 0 Å². The molecule has 1 amide bonds. The third kappa shape index (κ3) is 10.5. The molecule has 0 heterocycles. The molecular weight excluding hydrogens is 270 g/mol. The quantitative estimate of drug-likeness (QED) is 0.580. The molecular formula is C16H33NO4. The molecule has 0 fully saturated rings. The fourth-order valence-electron chi connectivity index (χ4n) is 1.79. The molecule has 0 N–H and O–H groups in total. The molecule has 0 spiro atoms. The molecule has 21 heavy (non-hydrogen) atoms. The molecule has 1 atom stereocenters. The monoisotopic (exact) mass is 303 g/mol. The lowest BCUT2D eigenvalue weighted by molar-refractivity contribution is 0.00635. The fourth-order valence-corrected chi connectivity index (χ4v) is 1.79. The van der Waals surface area contributed by atoms with E-state index in [1.54, 1.807) is 11.9 Å². The molecule has 0 rings (SSSR count). The van der Waals surface area contributed by atoms with Crippen molar-refractivity contribution in [2.45, 2.75) is 65.5 Å². The van der Waals surface area contributed by atoms with Gasteiger partial charge in [-0.2, -0.15) is 0 Å². The molecule has 0 aromatic rings. The zero-order valence-electron chi connectivity index (χ0n) is 14.6. The Hall–Kier alpha value is -0.810. The van der Waals surface area contributed by atoms with E-state index in [1.807, 2.05) is 27.7 Å². The lowest BCUT2D eigenvalue weighted by Crippen LogP contribution is -2.43. The minimum atomic E-state index is -0.480. The number of nitrogens with zero attached hydrogens (tertiary/aromatic N) is 1. The molecule has 0 aliphatic rings. The van der Waals surface area contributed by atoms with Crippen LogP contribution in [-0.2, 0) is 14.2 Å². The van der Waals surface area contributed by atoms with Gasteiger partial charge in [0.2, 0.25) is 0 Å². The van der Waals surface area contributed by atoms with Gasteiger partial charge in [-0.25, -0.2) is 4.79 Å². The van der Waals surface area contributed by atoms with Gasteiger partial charge >= 0.3 is 6.09 Å². The second-order valence-electron chi connectivity index (χ2n) is 6.16. The van der Waals surface area contributed by atoms with E-state index < -0.39 is 5.60 Å². The summed E-state index contributed by atoms with van der Waals surface area (Å²) in [6.07, 6.45) is 2.48. The molecule has 5 nitrogen and oxygen atoms in total. The van der Waals surface area contributed by atoms with E-state index in [1.165, 1.54) is 0 Å². The maximum absolute atomic E-state index is 12.1. The van der Waals surface area contributed by atoms with Gasteiger partial charge < -0.3 is 19.1 Å². The average Bonchev–Trinajstić information content (AvgIpc) is 2.39. The van der Waals surface area contributed by atoms with Gasteiger partial charge in [-0.3, -0.25) is 0 Å². The van der Waals surface area contributed by atoms with Crippen LogP contribution in [0.15, 0.2) is 0 Å². The molecule has 0 aliphatic heterocycles. The highest BCUT2D eigenvalue weighted by atomic mass is 16.6. The van der Waals surface area contributed by atoms with Crippen LogP contribution in [0, 0.1) is 0 Å². The largest absolute Gasteiger partial charge is 0.444 e. The second-order valence-corrected chi connectivity index (χ2v) is 6.16. The van der Waals surface area contributed by atoms with Gasteiger partial charge in [-0.1, -0.05) is 6.92 Å². The fraction of sp³-hybridized carbons (Fsp3) is 0.938. The number of carbonyl (C=O) groups excluding carboxylic acids is 1. The standard InChI is InChI=1S/C16H33NO4/c1-7-11-20-12-9-10-14(13-19-8-2)17(6)15(18)21-16(3,4)5/h14H,7-13H2,1-6H3. The number of hydrogen-bond acceptors (Lipinski definition) is 4. The summed E-state index contributed by atoms with van der Waals surface area (Å²) < 4.78 is 16.4. The zero-order chi connectivity index (χ0) is 16.3. The normalized spacial score (nSPS) is 13.0. The SMILES string of the molecule is CCCOCCCC(COCC)N(C)C(=O)OC(C)(C)C. The Bertz CT molecular complexity index is 276. The summed E-state index contributed by atoms with van der Waals surface area (Å²) in [5, 5.41) is 0. The van der Waals surface area contributed by atoms with E-state index >= 15 is 0 Å². The van der Waals surface area contributed by atoms with Crippen LogP contribution in [0.3, 0.4) is 0 Å². The molecule has 1 unspecified atom stereocenters. The van der Waals surface area contributed by atoms with E-state index in [2.05, 4.69) is 6.92 Å². The Balaban J connectivity index is 4.33. The number of rotatable bonds is 10. The minimum Gasteiger partial charge on any atom is -0.444 e. The molecule has 0 radical (unpaired) electrons. The predicted octanol–water partition coefficient (Wildman–Crippen LogP) is 3.47. The van der Waals surface area contributed by atoms with E-state index in [0.29, 0.717) is 13.2 Å². The van der Waals surface area contributed by atoms with Gasteiger partial charge in [0.25, 0.3) is 0 Å². The van der Waals surface area contributed by atoms with Gasteiger partial charge in [-0.15, -0.1) is 0 Å². The Morgan fingerprint density at radius 2 is 1.81 bits per heavy atom. The van der Waals surface area contributed by atoms with Crippen molar-refractivity contribution in [2.75, 3.05) is 33.5 Å². The third-order valence-electron chi connectivity index (χ3n) is 2.92. The maximum Gasteiger partial charge on any atom is 0.410 e. The van der Waals surface area contributed by atoms with Crippen LogP contribution >= 0.6 is 0 Å². The first-order valence-electron chi connectivity index (χ1n) is 7.93. The summed E-state index contributed by atoms with van der Waals surface area (Å²) in [5.41, 5.74) is -0.480. The second kappa shape index (κ2) is 10.9. The lowest BCUT2D eigenvalue weighted by atomic mass is 10.1.